The molecule has 0 saturated carbocycles. The zero-order valence-electron chi connectivity index (χ0n) is 8.99. The molecule has 0 amide bonds. The largest absolute Gasteiger partial charge is 0.394 e. The number of hydrogen-bond acceptors (Lipinski definition) is 6. The SMILES string of the molecule is O=c1[nH]c(=O)n([C@@H]2O[C@@H](CO)[C@H](O)[C@@H]2O)cc1F. The number of nitrogens with zero attached hydrogens (tertiary/aromatic N) is 1. The summed E-state index contributed by atoms with van der Waals surface area (Å²) in [5.41, 5.74) is -2.18. The first kappa shape index (κ1) is 12.9. The number of nitrogens with one attached hydrogen (secondary N) is 1. The van der Waals surface area contributed by atoms with E-state index in [0.717, 1.165) is 0 Å². The second kappa shape index (κ2) is 4.61. The molecule has 100 valence electrons. The zero-order chi connectivity index (χ0) is 13.4. The first-order valence-electron chi connectivity index (χ1n) is 5.09. The molecule has 9 heteroatoms. The van der Waals surface area contributed by atoms with Crippen molar-refractivity contribution in [3.05, 3.63) is 32.9 Å². The van der Waals surface area contributed by atoms with Gasteiger partial charge >= 0.3 is 5.69 Å². The highest BCUT2D eigenvalue weighted by atomic mass is 19.1. The normalized spacial score (nSPS) is 31.8. The maximum atomic E-state index is 13.1. The average molecular weight is 262 g/mol. The van der Waals surface area contributed by atoms with E-state index in [9.17, 15) is 24.2 Å². The number of rotatable bonds is 2. The lowest BCUT2D eigenvalue weighted by atomic mass is 10.1. The quantitative estimate of drug-likeness (QED) is 0.459. The minimum atomic E-state index is -1.52. The highest BCUT2D eigenvalue weighted by molar-refractivity contribution is 4.94. The van der Waals surface area contributed by atoms with Crippen molar-refractivity contribution in [3.63, 3.8) is 0 Å². The first-order chi connectivity index (χ1) is 8.45. The van der Waals surface area contributed by atoms with Crippen LogP contribution in [0.5, 0.6) is 0 Å². The van der Waals surface area contributed by atoms with Crippen LogP contribution in [-0.2, 0) is 4.74 Å². The Morgan fingerprint density at radius 2 is 2.06 bits per heavy atom. The summed E-state index contributed by atoms with van der Waals surface area (Å²) < 4.78 is 18.7. The van der Waals surface area contributed by atoms with Crippen LogP contribution >= 0.6 is 0 Å². The van der Waals surface area contributed by atoms with Gasteiger partial charge in [0.05, 0.1) is 12.8 Å². The fraction of sp³-hybridized carbons (Fsp3) is 0.556. The van der Waals surface area contributed by atoms with Gasteiger partial charge in [0.1, 0.15) is 18.3 Å². The average Bonchev–Trinajstić information content (AvgIpc) is 2.61. The molecule has 1 aromatic rings. The van der Waals surface area contributed by atoms with Crippen LogP contribution in [0.4, 0.5) is 4.39 Å². The molecule has 1 aliphatic rings. The van der Waals surface area contributed by atoms with Gasteiger partial charge in [-0.1, -0.05) is 0 Å². The molecule has 1 saturated heterocycles. The summed E-state index contributed by atoms with van der Waals surface area (Å²) in [7, 11) is 0. The Labute approximate surface area is 98.9 Å². The summed E-state index contributed by atoms with van der Waals surface area (Å²) in [6.45, 7) is -0.574. The van der Waals surface area contributed by atoms with E-state index in [1.54, 1.807) is 4.98 Å². The van der Waals surface area contributed by atoms with Crippen LogP contribution in [0, 0.1) is 5.82 Å². The van der Waals surface area contributed by atoms with E-state index in [1.165, 1.54) is 0 Å². The topological polar surface area (TPSA) is 125 Å². The van der Waals surface area contributed by atoms with Gasteiger partial charge in [-0.15, -0.1) is 0 Å². The second-order valence-electron chi connectivity index (χ2n) is 3.87. The second-order valence-corrected chi connectivity index (χ2v) is 3.87. The highest BCUT2D eigenvalue weighted by Crippen LogP contribution is 2.27. The van der Waals surface area contributed by atoms with Crippen LogP contribution in [0.3, 0.4) is 0 Å². The van der Waals surface area contributed by atoms with Gasteiger partial charge in [0.2, 0.25) is 5.82 Å². The van der Waals surface area contributed by atoms with Crippen molar-refractivity contribution < 1.29 is 24.4 Å². The van der Waals surface area contributed by atoms with Crippen molar-refractivity contribution in [2.24, 2.45) is 0 Å². The minimum Gasteiger partial charge on any atom is -0.394 e. The highest BCUT2D eigenvalue weighted by Gasteiger charge is 2.43. The molecular formula is C9H11FN2O6. The van der Waals surface area contributed by atoms with Gasteiger partial charge in [-0.25, -0.2) is 4.79 Å². The molecule has 1 aromatic heterocycles. The van der Waals surface area contributed by atoms with Crippen LogP contribution in [0.2, 0.25) is 0 Å². The molecule has 2 heterocycles. The third kappa shape index (κ3) is 1.97. The number of aromatic amines is 1. The Bertz CT molecular complexity index is 555. The number of aromatic nitrogens is 2. The standard InChI is InChI=1S/C9H11FN2O6/c10-3-1-12(9(17)11-7(3)16)8-6(15)5(14)4(2-13)18-8/h1,4-6,8,13-15H,2H2,(H,11,16,17)/t4-,5-,6-,8+/m0/s1. The molecule has 0 aliphatic carbocycles. The molecule has 0 bridgehead atoms. The molecule has 0 spiro atoms. The molecular weight excluding hydrogens is 251 g/mol. The van der Waals surface area contributed by atoms with Gasteiger partial charge in [-0.2, -0.15) is 4.39 Å². The zero-order valence-corrected chi connectivity index (χ0v) is 8.99. The van der Waals surface area contributed by atoms with Crippen LogP contribution in [0.1, 0.15) is 6.23 Å². The molecule has 4 atom stereocenters. The summed E-state index contributed by atoms with van der Waals surface area (Å²) >= 11 is 0. The van der Waals surface area contributed by atoms with E-state index in [-0.39, 0.29) is 0 Å². The number of halogens is 1. The van der Waals surface area contributed by atoms with Crippen molar-refractivity contribution in [1.82, 2.24) is 9.55 Å². The third-order valence-electron chi connectivity index (χ3n) is 2.72. The lowest BCUT2D eigenvalue weighted by molar-refractivity contribution is -0.0554. The van der Waals surface area contributed by atoms with Gasteiger partial charge < -0.3 is 20.1 Å². The Balaban J connectivity index is 2.42. The van der Waals surface area contributed by atoms with Gasteiger partial charge in [0, 0.05) is 0 Å². The van der Waals surface area contributed by atoms with E-state index < -0.39 is 48.2 Å². The van der Waals surface area contributed by atoms with Crippen molar-refractivity contribution >= 4 is 0 Å². The summed E-state index contributed by atoms with van der Waals surface area (Å²) in [5, 5.41) is 28.0. The molecule has 0 radical (unpaired) electrons. The number of aliphatic hydroxyl groups excluding tert-OH is 3. The summed E-state index contributed by atoms with van der Waals surface area (Å²) in [6.07, 6.45) is -4.84. The number of H-pyrrole nitrogens is 1. The molecule has 0 aromatic carbocycles. The summed E-state index contributed by atoms with van der Waals surface area (Å²) in [5.74, 6) is -1.23. The van der Waals surface area contributed by atoms with E-state index in [1.807, 2.05) is 0 Å². The molecule has 1 aliphatic heterocycles. The monoisotopic (exact) mass is 262 g/mol. The fourth-order valence-corrected chi connectivity index (χ4v) is 1.76. The van der Waals surface area contributed by atoms with Crippen molar-refractivity contribution in [3.8, 4) is 0 Å². The number of aliphatic hydroxyl groups is 3. The Morgan fingerprint density at radius 1 is 1.39 bits per heavy atom. The number of ether oxygens (including phenoxy) is 1. The van der Waals surface area contributed by atoms with Crippen molar-refractivity contribution in [2.75, 3.05) is 6.61 Å². The smallest absolute Gasteiger partial charge is 0.330 e. The van der Waals surface area contributed by atoms with Crippen LogP contribution in [0.25, 0.3) is 0 Å². The van der Waals surface area contributed by atoms with Crippen LogP contribution in [0.15, 0.2) is 15.8 Å². The van der Waals surface area contributed by atoms with Gasteiger partial charge in [-0.05, 0) is 0 Å². The predicted octanol–water partition coefficient (Wildman–Crippen LogP) is -2.71. The fourth-order valence-electron chi connectivity index (χ4n) is 1.76. The summed E-state index contributed by atoms with van der Waals surface area (Å²) in [4.78, 5) is 24.0. The van der Waals surface area contributed by atoms with Crippen LogP contribution in [-0.4, -0.2) is 49.8 Å². The molecule has 2 rings (SSSR count). The lowest BCUT2D eigenvalue weighted by Gasteiger charge is -2.16. The molecule has 0 unspecified atom stereocenters. The van der Waals surface area contributed by atoms with Crippen molar-refractivity contribution in [1.29, 1.82) is 0 Å². The predicted molar refractivity (Wildman–Crippen MR) is 54.3 cm³/mol. The number of hydrogen-bond donors (Lipinski definition) is 4. The molecule has 1 fully saturated rings. The molecule has 8 nitrogen and oxygen atoms in total. The Kier molecular flexibility index (Phi) is 3.30. The van der Waals surface area contributed by atoms with Gasteiger partial charge in [0.15, 0.2) is 6.23 Å². The lowest BCUT2D eigenvalue weighted by Crippen LogP contribution is -2.38. The molecule has 18 heavy (non-hydrogen) atoms. The Hall–Kier alpha value is -1.55. The third-order valence-corrected chi connectivity index (χ3v) is 2.72. The van der Waals surface area contributed by atoms with Gasteiger partial charge in [0.25, 0.3) is 5.56 Å². The van der Waals surface area contributed by atoms with E-state index in [2.05, 4.69) is 0 Å². The summed E-state index contributed by atoms with van der Waals surface area (Å²) in [6, 6.07) is 0. The minimum absolute atomic E-state index is 0.571. The van der Waals surface area contributed by atoms with E-state index >= 15 is 0 Å². The van der Waals surface area contributed by atoms with Crippen molar-refractivity contribution in [2.45, 2.75) is 24.5 Å². The van der Waals surface area contributed by atoms with E-state index in [4.69, 9.17) is 9.84 Å². The first-order valence-corrected chi connectivity index (χ1v) is 5.09. The molecule has 4 N–H and O–H groups in total. The maximum Gasteiger partial charge on any atom is 0.330 e. The van der Waals surface area contributed by atoms with Gasteiger partial charge in [-0.3, -0.25) is 14.3 Å². The maximum absolute atomic E-state index is 13.1. The van der Waals surface area contributed by atoms with Crippen LogP contribution < -0.4 is 11.2 Å². The Morgan fingerprint density at radius 3 is 2.61 bits per heavy atom. The van der Waals surface area contributed by atoms with E-state index in [0.29, 0.717) is 10.8 Å².